The summed E-state index contributed by atoms with van der Waals surface area (Å²) in [4.78, 5) is 0.200. The highest BCUT2D eigenvalue weighted by Gasteiger charge is 2.59. The van der Waals surface area contributed by atoms with Crippen molar-refractivity contribution in [2.24, 2.45) is 10.8 Å². The third-order valence-electron chi connectivity index (χ3n) is 5.61. The molecule has 4 heteroatoms. The molecule has 0 bridgehead atoms. The number of aliphatic hydroxyl groups excluding tert-OH is 1. The molecule has 19 heavy (non-hydrogen) atoms. The third kappa shape index (κ3) is 2.37. The summed E-state index contributed by atoms with van der Waals surface area (Å²) in [6.45, 7) is 10.9. The molecule has 5 atom stereocenters. The molecule has 110 valence electrons. The quantitative estimate of drug-likeness (QED) is 0.435. The van der Waals surface area contributed by atoms with Crippen molar-refractivity contribution < 1.29 is 5.11 Å². The number of hydrogen-bond acceptors (Lipinski definition) is 1. The number of hydrogen-bond donors (Lipinski definition) is 1. The average Bonchev–Trinajstić information content (AvgIpc) is 2.29. The summed E-state index contributed by atoms with van der Waals surface area (Å²) in [5.74, 6) is 0. The Balaban J connectivity index is 2.39. The molecule has 0 heterocycles. The first-order valence-corrected chi connectivity index (χ1v) is 9.09. The first-order chi connectivity index (χ1) is 8.54. The topological polar surface area (TPSA) is 20.2 Å². The SMILES string of the molecule is C=C1C[C@H](O)[C@H](Br)C(C)(C)[C@@]12CC[C@@](C)(Cl)[C@H](Br)C2. The minimum atomic E-state index is -0.341. The maximum Gasteiger partial charge on any atom is 0.0707 e. The van der Waals surface area contributed by atoms with Gasteiger partial charge in [-0.15, -0.1) is 11.6 Å². The molecule has 0 saturated heterocycles. The van der Waals surface area contributed by atoms with Crippen LogP contribution in [0.1, 0.15) is 46.5 Å². The van der Waals surface area contributed by atoms with Crippen LogP contribution in [0.15, 0.2) is 12.2 Å². The molecule has 2 saturated carbocycles. The zero-order valence-corrected chi connectivity index (χ0v) is 15.8. The highest BCUT2D eigenvalue weighted by molar-refractivity contribution is 9.09. The Hall–Kier alpha value is 0.950. The highest BCUT2D eigenvalue weighted by atomic mass is 79.9. The summed E-state index contributed by atoms with van der Waals surface area (Å²) in [5, 5.41) is 10.2. The molecule has 0 aliphatic heterocycles. The molecule has 0 aromatic heterocycles. The van der Waals surface area contributed by atoms with E-state index in [1.807, 2.05) is 0 Å². The fourth-order valence-electron chi connectivity index (χ4n) is 3.89. The molecule has 0 radical (unpaired) electrons. The lowest BCUT2D eigenvalue weighted by molar-refractivity contribution is -0.0173. The van der Waals surface area contributed by atoms with E-state index >= 15 is 0 Å². The fourth-order valence-corrected chi connectivity index (χ4v) is 5.47. The van der Waals surface area contributed by atoms with Gasteiger partial charge in [0.1, 0.15) is 0 Å². The van der Waals surface area contributed by atoms with Gasteiger partial charge < -0.3 is 5.11 Å². The lowest BCUT2D eigenvalue weighted by Gasteiger charge is -2.60. The number of halogens is 3. The Labute approximate surface area is 138 Å². The first-order valence-electron chi connectivity index (χ1n) is 6.88. The van der Waals surface area contributed by atoms with Crippen molar-refractivity contribution >= 4 is 43.5 Å². The molecule has 0 aromatic carbocycles. The van der Waals surface area contributed by atoms with Crippen molar-refractivity contribution in [3.8, 4) is 0 Å². The maximum atomic E-state index is 10.2. The van der Waals surface area contributed by atoms with Crippen LogP contribution < -0.4 is 0 Å². The van der Waals surface area contributed by atoms with Gasteiger partial charge in [-0.3, -0.25) is 0 Å². The van der Waals surface area contributed by atoms with Crippen LogP contribution >= 0.6 is 43.5 Å². The molecule has 2 aliphatic carbocycles. The zero-order valence-electron chi connectivity index (χ0n) is 11.8. The Kier molecular flexibility index (Phi) is 4.29. The second-order valence-corrected chi connectivity index (χ2v) is 9.99. The van der Waals surface area contributed by atoms with Gasteiger partial charge in [-0.1, -0.05) is 57.9 Å². The van der Waals surface area contributed by atoms with Gasteiger partial charge in [0.15, 0.2) is 0 Å². The summed E-state index contributed by atoms with van der Waals surface area (Å²) in [5.41, 5.74) is 1.22. The van der Waals surface area contributed by atoms with E-state index in [1.165, 1.54) is 5.57 Å². The lowest BCUT2D eigenvalue weighted by Crippen LogP contribution is -2.58. The van der Waals surface area contributed by atoms with Crippen molar-refractivity contribution in [3.05, 3.63) is 12.2 Å². The molecule has 2 aliphatic rings. The molecule has 1 N–H and O–H groups in total. The standard InChI is InChI=1S/C15H23Br2ClO/c1-9-7-10(19)12(17)13(2,3)15(9)6-5-14(4,18)11(16)8-15/h10-12,19H,1,5-8H2,2-4H3/t10-,11+,12-,14+,15+/m0/s1. The fraction of sp³-hybridized carbons (Fsp3) is 0.867. The van der Waals surface area contributed by atoms with Crippen LogP contribution in [0.5, 0.6) is 0 Å². The molecule has 0 aromatic rings. The summed E-state index contributed by atoms with van der Waals surface area (Å²) in [6, 6.07) is 0. The van der Waals surface area contributed by atoms with E-state index in [0.717, 1.165) is 19.3 Å². The molecule has 2 fully saturated rings. The number of alkyl halides is 3. The first kappa shape index (κ1) is 16.3. The van der Waals surface area contributed by atoms with Crippen LogP contribution in [-0.2, 0) is 0 Å². The molecule has 1 spiro atoms. The van der Waals surface area contributed by atoms with Gasteiger partial charge in [0.2, 0.25) is 0 Å². The number of rotatable bonds is 0. The number of aliphatic hydroxyl groups is 1. The summed E-state index contributed by atoms with van der Waals surface area (Å²) < 4.78 is 0. The van der Waals surface area contributed by atoms with Gasteiger partial charge in [0.25, 0.3) is 0 Å². The normalized spacial score (nSPS) is 50.5. The second kappa shape index (κ2) is 5.00. The van der Waals surface area contributed by atoms with Gasteiger partial charge in [0.05, 0.1) is 11.0 Å². The van der Waals surface area contributed by atoms with Crippen LogP contribution in [0.25, 0.3) is 0 Å². The predicted octanol–water partition coefficient (Wildman–Crippen LogP) is 5.03. The van der Waals surface area contributed by atoms with Gasteiger partial charge in [-0.05, 0) is 43.4 Å². The van der Waals surface area contributed by atoms with Gasteiger partial charge in [0, 0.05) is 9.65 Å². The molecule has 0 unspecified atom stereocenters. The van der Waals surface area contributed by atoms with Crippen LogP contribution in [0.4, 0.5) is 0 Å². The van der Waals surface area contributed by atoms with Crippen molar-refractivity contribution in [2.45, 2.75) is 67.1 Å². The average molecular weight is 415 g/mol. The van der Waals surface area contributed by atoms with E-state index < -0.39 is 0 Å². The van der Waals surface area contributed by atoms with Crippen LogP contribution in [0.3, 0.4) is 0 Å². The molecular weight excluding hydrogens is 391 g/mol. The minimum absolute atomic E-state index is 0.0266. The van der Waals surface area contributed by atoms with E-state index in [2.05, 4.69) is 59.2 Å². The van der Waals surface area contributed by atoms with Gasteiger partial charge >= 0.3 is 0 Å². The molecule has 1 nitrogen and oxygen atoms in total. The Morgan fingerprint density at radius 3 is 2.37 bits per heavy atom. The summed E-state index contributed by atoms with van der Waals surface area (Å²) in [6.07, 6.45) is 3.37. The summed E-state index contributed by atoms with van der Waals surface area (Å²) >= 11 is 14.1. The van der Waals surface area contributed by atoms with Gasteiger partial charge in [-0.25, -0.2) is 0 Å². The molecule has 0 amide bonds. The van der Waals surface area contributed by atoms with E-state index in [0.29, 0.717) is 6.42 Å². The largest absolute Gasteiger partial charge is 0.392 e. The minimum Gasteiger partial charge on any atom is -0.392 e. The van der Waals surface area contributed by atoms with Crippen molar-refractivity contribution in [2.75, 3.05) is 0 Å². The summed E-state index contributed by atoms with van der Waals surface area (Å²) in [7, 11) is 0. The van der Waals surface area contributed by atoms with Gasteiger partial charge in [-0.2, -0.15) is 0 Å². The predicted molar refractivity (Wildman–Crippen MR) is 89.5 cm³/mol. The Morgan fingerprint density at radius 1 is 1.26 bits per heavy atom. The van der Waals surface area contributed by atoms with E-state index in [1.54, 1.807) is 0 Å². The Morgan fingerprint density at radius 2 is 1.84 bits per heavy atom. The lowest BCUT2D eigenvalue weighted by atomic mass is 9.49. The van der Waals surface area contributed by atoms with Crippen LogP contribution in [-0.4, -0.2) is 25.7 Å². The second-order valence-electron chi connectivity index (χ2n) is 7.03. The molecule has 2 rings (SSSR count). The van der Waals surface area contributed by atoms with Crippen LogP contribution in [0, 0.1) is 10.8 Å². The van der Waals surface area contributed by atoms with Crippen LogP contribution in [0.2, 0.25) is 0 Å². The highest BCUT2D eigenvalue weighted by Crippen LogP contribution is 2.64. The van der Waals surface area contributed by atoms with E-state index in [9.17, 15) is 5.11 Å². The van der Waals surface area contributed by atoms with Crippen molar-refractivity contribution in [1.82, 2.24) is 0 Å². The van der Waals surface area contributed by atoms with Crippen molar-refractivity contribution in [1.29, 1.82) is 0 Å². The van der Waals surface area contributed by atoms with E-state index in [-0.39, 0.29) is 31.5 Å². The van der Waals surface area contributed by atoms with Crippen molar-refractivity contribution in [3.63, 3.8) is 0 Å². The zero-order chi connectivity index (χ0) is 14.6. The molecular formula is C15H23Br2ClO. The Bertz CT molecular complexity index is 394. The monoisotopic (exact) mass is 412 g/mol. The maximum absolute atomic E-state index is 10.2. The van der Waals surface area contributed by atoms with E-state index in [4.69, 9.17) is 11.6 Å². The smallest absolute Gasteiger partial charge is 0.0707 e. The third-order valence-corrected chi connectivity index (χ3v) is 9.42.